The molecule has 0 saturated heterocycles. The monoisotopic (exact) mass is 827 g/mol. The standard InChI is InChI=1S/C53H94O6/c1-4-7-10-13-16-19-21-23-25-26-28-29-31-34-37-40-43-46-52(55)58-49-50(48-57-51(54)45-42-39-36-33-18-15-12-9-6-3)59-53(56)47-44-41-38-35-32-30-27-24-22-20-17-14-11-8-5-2/h20,22-23,25,28-29,34,37,50H,4-19,21,24,26-27,30-33,35-36,38-49H2,1-3H3/b22-20-,25-23-,29-28-,37-34-. The van der Waals surface area contributed by atoms with Crippen LogP contribution < -0.4 is 0 Å². The number of allylic oxidation sites excluding steroid dienone is 8. The summed E-state index contributed by atoms with van der Waals surface area (Å²) in [6, 6.07) is 0. The van der Waals surface area contributed by atoms with Crippen molar-refractivity contribution in [1.29, 1.82) is 0 Å². The van der Waals surface area contributed by atoms with Gasteiger partial charge in [-0.25, -0.2) is 0 Å². The summed E-state index contributed by atoms with van der Waals surface area (Å²) in [5.41, 5.74) is 0. The Bertz CT molecular complexity index is 1040. The van der Waals surface area contributed by atoms with E-state index >= 15 is 0 Å². The van der Waals surface area contributed by atoms with Gasteiger partial charge in [0.1, 0.15) is 13.2 Å². The molecule has 0 radical (unpaired) electrons. The van der Waals surface area contributed by atoms with Gasteiger partial charge in [-0.15, -0.1) is 0 Å². The molecule has 6 heteroatoms. The molecule has 1 unspecified atom stereocenters. The molecular formula is C53H94O6. The van der Waals surface area contributed by atoms with E-state index in [1.54, 1.807) is 0 Å². The fraction of sp³-hybridized carbons (Fsp3) is 0.792. The first-order chi connectivity index (χ1) is 29.0. The maximum Gasteiger partial charge on any atom is 0.306 e. The van der Waals surface area contributed by atoms with Crippen molar-refractivity contribution in [2.75, 3.05) is 13.2 Å². The minimum absolute atomic E-state index is 0.0888. The fourth-order valence-electron chi connectivity index (χ4n) is 6.98. The van der Waals surface area contributed by atoms with Crippen molar-refractivity contribution in [3.05, 3.63) is 48.6 Å². The van der Waals surface area contributed by atoms with E-state index in [2.05, 4.69) is 69.4 Å². The molecule has 0 aromatic heterocycles. The Morgan fingerprint density at radius 1 is 0.339 bits per heavy atom. The SMILES string of the molecule is CCCCCC/C=C\CCCCCCCCCC(=O)OC(COC(=O)CCC/C=C\C/C=C\C/C=C\CCCCCCCC)COC(=O)CCCCCCCCCCC. The molecule has 0 spiro atoms. The van der Waals surface area contributed by atoms with E-state index in [0.717, 1.165) is 57.8 Å². The van der Waals surface area contributed by atoms with Gasteiger partial charge < -0.3 is 14.2 Å². The van der Waals surface area contributed by atoms with Crippen LogP contribution in [0.15, 0.2) is 48.6 Å². The molecule has 0 rings (SSSR count). The van der Waals surface area contributed by atoms with Gasteiger partial charge in [0, 0.05) is 19.3 Å². The Balaban J connectivity index is 4.41. The molecule has 0 N–H and O–H groups in total. The highest BCUT2D eigenvalue weighted by atomic mass is 16.6. The highest BCUT2D eigenvalue weighted by Crippen LogP contribution is 2.14. The van der Waals surface area contributed by atoms with Crippen molar-refractivity contribution >= 4 is 17.9 Å². The minimum Gasteiger partial charge on any atom is -0.462 e. The Morgan fingerprint density at radius 3 is 1.05 bits per heavy atom. The van der Waals surface area contributed by atoms with Crippen molar-refractivity contribution in [3.8, 4) is 0 Å². The van der Waals surface area contributed by atoms with Gasteiger partial charge >= 0.3 is 17.9 Å². The van der Waals surface area contributed by atoms with Gasteiger partial charge in [-0.2, -0.15) is 0 Å². The number of ether oxygens (including phenoxy) is 3. The lowest BCUT2D eigenvalue weighted by molar-refractivity contribution is -0.167. The third-order valence-electron chi connectivity index (χ3n) is 10.8. The van der Waals surface area contributed by atoms with E-state index in [9.17, 15) is 14.4 Å². The van der Waals surface area contributed by atoms with Crippen LogP contribution in [0.1, 0.15) is 252 Å². The maximum atomic E-state index is 12.8. The third-order valence-corrected chi connectivity index (χ3v) is 10.8. The van der Waals surface area contributed by atoms with Gasteiger partial charge in [-0.1, -0.05) is 204 Å². The molecule has 0 heterocycles. The predicted octanol–water partition coefficient (Wildman–Crippen LogP) is 16.3. The summed E-state index contributed by atoms with van der Waals surface area (Å²) in [7, 11) is 0. The predicted molar refractivity (Wildman–Crippen MR) is 252 cm³/mol. The first-order valence-electron chi connectivity index (χ1n) is 25.1. The zero-order valence-electron chi connectivity index (χ0n) is 39.0. The van der Waals surface area contributed by atoms with Crippen molar-refractivity contribution in [1.82, 2.24) is 0 Å². The fourth-order valence-corrected chi connectivity index (χ4v) is 6.98. The summed E-state index contributed by atoms with van der Waals surface area (Å²) in [6.07, 6.45) is 56.7. The van der Waals surface area contributed by atoms with Crippen LogP contribution in [0.5, 0.6) is 0 Å². The lowest BCUT2D eigenvalue weighted by atomic mass is 10.1. The number of hydrogen-bond donors (Lipinski definition) is 0. The molecular weight excluding hydrogens is 733 g/mol. The molecule has 0 aromatic rings. The van der Waals surface area contributed by atoms with Crippen molar-refractivity contribution in [2.45, 2.75) is 258 Å². The number of unbranched alkanes of at least 4 members (excludes halogenated alkanes) is 26. The Kier molecular flexibility index (Phi) is 45.9. The molecule has 0 amide bonds. The molecule has 0 aliphatic heterocycles. The summed E-state index contributed by atoms with van der Waals surface area (Å²) in [4.78, 5) is 37.8. The Hall–Kier alpha value is -2.63. The first-order valence-corrected chi connectivity index (χ1v) is 25.1. The molecule has 6 nitrogen and oxygen atoms in total. The van der Waals surface area contributed by atoms with Crippen LogP contribution in [0, 0.1) is 0 Å². The summed E-state index contributed by atoms with van der Waals surface area (Å²) >= 11 is 0. The molecule has 59 heavy (non-hydrogen) atoms. The Labute approximate surface area is 365 Å². The lowest BCUT2D eigenvalue weighted by Gasteiger charge is -2.18. The van der Waals surface area contributed by atoms with Crippen molar-refractivity contribution in [2.24, 2.45) is 0 Å². The summed E-state index contributed by atoms with van der Waals surface area (Å²) in [5, 5.41) is 0. The van der Waals surface area contributed by atoms with Crippen LogP contribution in [-0.2, 0) is 28.6 Å². The highest BCUT2D eigenvalue weighted by molar-refractivity contribution is 5.71. The molecule has 0 aromatic carbocycles. The zero-order valence-corrected chi connectivity index (χ0v) is 39.0. The number of esters is 3. The van der Waals surface area contributed by atoms with Gasteiger partial charge in [0.15, 0.2) is 6.10 Å². The lowest BCUT2D eigenvalue weighted by Crippen LogP contribution is -2.30. The average molecular weight is 827 g/mol. The van der Waals surface area contributed by atoms with Crippen LogP contribution in [0.2, 0.25) is 0 Å². The minimum atomic E-state index is -0.791. The van der Waals surface area contributed by atoms with E-state index in [4.69, 9.17) is 14.2 Å². The van der Waals surface area contributed by atoms with Crippen LogP contribution in [0.3, 0.4) is 0 Å². The van der Waals surface area contributed by atoms with E-state index in [1.165, 1.54) is 148 Å². The Morgan fingerprint density at radius 2 is 0.627 bits per heavy atom. The second-order valence-electron chi connectivity index (χ2n) is 16.7. The topological polar surface area (TPSA) is 78.9 Å². The molecule has 0 bridgehead atoms. The van der Waals surface area contributed by atoms with Gasteiger partial charge in [-0.05, 0) is 77.0 Å². The van der Waals surface area contributed by atoms with E-state index in [0.29, 0.717) is 25.7 Å². The van der Waals surface area contributed by atoms with Crippen molar-refractivity contribution < 1.29 is 28.6 Å². The normalized spacial score (nSPS) is 12.4. The smallest absolute Gasteiger partial charge is 0.306 e. The van der Waals surface area contributed by atoms with E-state index in [1.807, 2.05) is 0 Å². The number of rotatable bonds is 45. The summed E-state index contributed by atoms with van der Waals surface area (Å²) in [6.45, 7) is 6.56. The number of carbonyl (C=O) groups excluding carboxylic acids is 3. The summed E-state index contributed by atoms with van der Waals surface area (Å²) < 4.78 is 16.7. The molecule has 0 aliphatic carbocycles. The van der Waals surface area contributed by atoms with Gasteiger partial charge in [-0.3, -0.25) is 14.4 Å². The van der Waals surface area contributed by atoms with Gasteiger partial charge in [0.2, 0.25) is 0 Å². The second-order valence-corrected chi connectivity index (χ2v) is 16.7. The highest BCUT2D eigenvalue weighted by Gasteiger charge is 2.19. The number of carbonyl (C=O) groups is 3. The second kappa shape index (κ2) is 48.0. The van der Waals surface area contributed by atoms with Crippen LogP contribution in [-0.4, -0.2) is 37.2 Å². The van der Waals surface area contributed by atoms with Gasteiger partial charge in [0.25, 0.3) is 0 Å². The van der Waals surface area contributed by atoms with E-state index < -0.39 is 6.10 Å². The van der Waals surface area contributed by atoms with E-state index in [-0.39, 0.29) is 31.1 Å². The third kappa shape index (κ3) is 46.3. The first kappa shape index (κ1) is 56.4. The molecule has 0 fully saturated rings. The molecule has 342 valence electrons. The molecule has 0 saturated carbocycles. The average Bonchev–Trinajstić information content (AvgIpc) is 3.23. The van der Waals surface area contributed by atoms with Crippen molar-refractivity contribution in [3.63, 3.8) is 0 Å². The molecule has 0 aliphatic rings. The van der Waals surface area contributed by atoms with Crippen LogP contribution in [0.4, 0.5) is 0 Å². The quantitative estimate of drug-likeness (QED) is 0.0263. The van der Waals surface area contributed by atoms with Crippen LogP contribution in [0.25, 0.3) is 0 Å². The van der Waals surface area contributed by atoms with Gasteiger partial charge in [0.05, 0.1) is 0 Å². The number of hydrogen-bond acceptors (Lipinski definition) is 6. The molecule has 1 atom stereocenters. The summed E-state index contributed by atoms with van der Waals surface area (Å²) in [5.74, 6) is -0.946. The maximum absolute atomic E-state index is 12.8. The largest absolute Gasteiger partial charge is 0.462 e. The van der Waals surface area contributed by atoms with Crippen LogP contribution >= 0.6 is 0 Å². The zero-order chi connectivity index (χ0) is 43.0.